The summed E-state index contributed by atoms with van der Waals surface area (Å²) in [5.74, 6) is -0.398. The Labute approximate surface area is 124 Å². The highest BCUT2D eigenvalue weighted by Gasteiger charge is 2.22. The van der Waals surface area contributed by atoms with Crippen LogP contribution in [-0.2, 0) is 0 Å². The third-order valence-corrected chi connectivity index (χ3v) is 4.59. The van der Waals surface area contributed by atoms with E-state index in [1.165, 1.54) is 51.3 Å². The average molecular weight is 303 g/mol. The molecule has 0 radical (unpaired) electrons. The van der Waals surface area contributed by atoms with E-state index in [0.717, 1.165) is 6.42 Å². The summed E-state index contributed by atoms with van der Waals surface area (Å²) in [6.45, 7) is 0. The van der Waals surface area contributed by atoms with Gasteiger partial charge < -0.3 is 4.74 Å². The third-order valence-electron chi connectivity index (χ3n) is 4.15. The van der Waals surface area contributed by atoms with E-state index in [1.807, 2.05) is 0 Å². The molecule has 0 N–H and O–H groups in total. The molecule has 1 aromatic rings. The molecule has 0 amide bonds. The first-order valence-electron chi connectivity index (χ1n) is 7.28. The molecule has 0 aliphatic heterocycles. The van der Waals surface area contributed by atoms with E-state index in [9.17, 15) is 8.78 Å². The number of rotatable bonds is 5. The summed E-state index contributed by atoms with van der Waals surface area (Å²) >= 11 is 6.21. The van der Waals surface area contributed by atoms with Crippen molar-refractivity contribution in [1.82, 2.24) is 0 Å². The first-order chi connectivity index (χ1) is 9.61. The number of alkyl halides is 1. The van der Waals surface area contributed by atoms with E-state index in [-0.39, 0.29) is 11.3 Å². The summed E-state index contributed by atoms with van der Waals surface area (Å²) in [4.78, 5) is 0. The summed E-state index contributed by atoms with van der Waals surface area (Å²) < 4.78 is 32.7. The first-order valence-corrected chi connectivity index (χ1v) is 7.72. The van der Waals surface area contributed by atoms with Crippen molar-refractivity contribution in [2.75, 3.05) is 7.11 Å². The molecule has 1 fully saturated rings. The van der Waals surface area contributed by atoms with Crippen molar-refractivity contribution in [3.63, 3.8) is 0 Å². The van der Waals surface area contributed by atoms with Crippen LogP contribution in [0.1, 0.15) is 55.9 Å². The first kappa shape index (κ1) is 15.6. The van der Waals surface area contributed by atoms with Gasteiger partial charge in [0.15, 0.2) is 0 Å². The average Bonchev–Trinajstić information content (AvgIpc) is 2.45. The standard InChI is InChI=1S/C16H21ClF2O/c1-20-12-9-14(18)16(15(19)10-12)13(17)8-7-11-5-3-2-4-6-11/h9-11,13H,2-8H2,1H3. The number of halogens is 3. The fourth-order valence-corrected chi connectivity index (χ4v) is 3.31. The van der Waals surface area contributed by atoms with Gasteiger partial charge in [-0.25, -0.2) is 8.78 Å². The molecule has 1 aliphatic carbocycles. The van der Waals surface area contributed by atoms with E-state index < -0.39 is 17.0 Å². The molecule has 1 saturated carbocycles. The highest BCUT2D eigenvalue weighted by Crippen LogP contribution is 2.36. The normalized spacial score (nSPS) is 18.0. The summed E-state index contributed by atoms with van der Waals surface area (Å²) in [5.41, 5.74) is -0.0247. The Morgan fingerprint density at radius 3 is 2.35 bits per heavy atom. The molecule has 1 aliphatic rings. The van der Waals surface area contributed by atoms with Crippen LogP contribution in [0.3, 0.4) is 0 Å². The van der Waals surface area contributed by atoms with Gasteiger partial charge in [0.1, 0.15) is 17.4 Å². The zero-order valence-electron chi connectivity index (χ0n) is 11.8. The van der Waals surface area contributed by atoms with Crippen molar-refractivity contribution < 1.29 is 13.5 Å². The Bertz CT molecular complexity index is 421. The van der Waals surface area contributed by atoms with Gasteiger partial charge in [0, 0.05) is 17.7 Å². The zero-order valence-corrected chi connectivity index (χ0v) is 12.6. The highest BCUT2D eigenvalue weighted by molar-refractivity contribution is 6.20. The van der Waals surface area contributed by atoms with Gasteiger partial charge >= 0.3 is 0 Å². The molecule has 0 heterocycles. The van der Waals surface area contributed by atoms with Crippen LogP contribution < -0.4 is 4.74 Å². The van der Waals surface area contributed by atoms with Crippen LogP contribution in [0.4, 0.5) is 8.78 Å². The van der Waals surface area contributed by atoms with Crippen LogP contribution in [0.25, 0.3) is 0 Å². The van der Waals surface area contributed by atoms with Crippen LogP contribution in [0.5, 0.6) is 5.75 Å². The maximum Gasteiger partial charge on any atom is 0.134 e. The lowest BCUT2D eigenvalue weighted by atomic mass is 9.85. The molecule has 0 aromatic heterocycles. The van der Waals surface area contributed by atoms with Crippen molar-refractivity contribution >= 4 is 11.6 Å². The van der Waals surface area contributed by atoms with E-state index >= 15 is 0 Å². The second-order valence-electron chi connectivity index (χ2n) is 5.55. The minimum Gasteiger partial charge on any atom is -0.497 e. The van der Waals surface area contributed by atoms with Gasteiger partial charge in [-0.2, -0.15) is 0 Å². The Kier molecular flexibility index (Phi) is 5.64. The quantitative estimate of drug-likeness (QED) is 0.642. The van der Waals surface area contributed by atoms with E-state index in [4.69, 9.17) is 16.3 Å². The molecule has 1 nitrogen and oxygen atoms in total. The third kappa shape index (κ3) is 3.85. The van der Waals surface area contributed by atoms with E-state index in [0.29, 0.717) is 12.3 Å². The van der Waals surface area contributed by atoms with Gasteiger partial charge in [-0.15, -0.1) is 11.6 Å². The molecule has 2 rings (SSSR count). The van der Waals surface area contributed by atoms with Crippen molar-refractivity contribution in [2.45, 2.75) is 50.3 Å². The molecule has 20 heavy (non-hydrogen) atoms. The fraction of sp³-hybridized carbons (Fsp3) is 0.625. The number of methoxy groups -OCH3 is 1. The summed E-state index contributed by atoms with van der Waals surface area (Å²) in [7, 11) is 1.38. The minimum atomic E-state index is -0.620. The number of ether oxygens (including phenoxy) is 1. The number of benzene rings is 1. The van der Waals surface area contributed by atoms with Crippen LogP contribution >= 0.6 is 11.6 Å². The van der Waals surface area contributed by atoms with Crippen molar-refractivity contribution in [1.29, 1.82) is 0 Å². The molecule has 4 heteroatoms. The lowest BCUT2D eigenvalue weighted by molar-refractivity contribution is 0.329. The predicted molar refractivity (Wildman–Crippen MR) is 77.3 cm³/mol. The largest absolute Gasteiger partial charge is 0.497 e. The number of hydrogen-bond donors (Lipinski definition) is 0. The molecular weight excluding hydrogens is 282 g/mol. The Morgan fingerprint density at radius 1 is 1.20 bits per heavy atom. The fourth-order valence-electron chi connectivity index (χ4n) is 2.98. The molecule has 1 aromatic carbocycles. The lowest BCUT2D eigenvalue weighted by Gasteiger charge is -2.22. The summed E-state index contributed by atoms with van der Waals surface area (Å²) in [6.07, 6.45) is 7.84. The Morgan fingerprint density at radius 2 is 1.80 bits per heavy atom. The summed E-state index contributed by atoms with van der Waals surface area (Å²) in [5, 5.41) is -0.608. The molecule has 1 atom stereocenters. The van der Waals surface area contributed by atoms with Crippen molar-refractivity contribution in [3.05, 3.63) is 29.3 Å². The predicted octanol–water partition coefficient (Wildman–Crippen LogP) is 5.61. The minimum absolute atomic E-state index is 0.0247. The monoisotopic (exact) mass is 302 g/mol. The lowest BCUT2D eigenvalue weighted by Crippen LogP contribution is -2.08. The molecule has 0 bridgehead atoms. The smallest absolute Gasteiger partial charge is 0.134 e. The molecular formula is C16H21ClF2O. The second-order valence-corrected chi connectivity index (χ2v) is 6.08. The van der Waals surface area contributed by atoms with Gasteiger partial charge in [0.2, 0.25) is 0 Å². The van der Waals surface area contributed by atoms with Crippen LogP contribution in [-0.4, -0.2) is 7.11 Å². The number of hydrogen-bond acceptors (Lipinski definition) is 1. The Hall–Kier alpha value is -0.830. The maximum absolute atomic E-state index is 13.9. The van der Waals surface area contributed by atoms with Gasteiger partial charge in [-0.3, -0.25) is 0 Å². The molecule has 112 valence electrons. The van der Waals surface area contributed by atoms with E-state index in [2.05, 4.69) is 0 Å². The van der Waals surface area contributed by atoms with Crippen LogP contribution in [0.15, 0.2) is 12.1 Å². The highest BCUT2D eigenvalue weighted by atomic mass is 35.5. The zero-order chi connectivity index (χ0) is 14.5. The van der Waals surface area contributed by atoms with E-state index in [1.54, 1.807) is 0 Å². The maximum atomic E-state index is 13.9. The molecule has 1 unspecified atom stereocenters. The van der Waals surface area contributed by atoms with Gasteiger partial charge in [0.25, 0.3) is 0 Å². The topological polar surface area (TPSA) is 9.23 Å². The van der Waals surface area contributed by atoms with Gasteiger partial charge in [0.05, 0.1) is 12.5 Å². The second kappa shape index (κ2) is 7.26. The van der Waals surface area contributed by atoms with Crippen LogP contribution in [0.2, 0.25) is 0 Å². The summed E-state index contributed by atoms with van der Waals surface area (Å²) in [6, 6.07) is 2.38. The van der Waals surface area contributed by atoms with Crippen LogP contribution in [0, 0.1) is 17.6 Å². The molecule has 0 saturated heterocycles. The van der Waals surface area contributed by atoms with Crippen molar-refractivity contribution in [2.24, 2.45) is 5.92 Å². The molecule has 0 spiro atoms. The SMILES string of the molecule is COc1cc(F)c(C(Cl)CCC2CCCCC2)c(F)c1. The van der Waals surface area contributed by atoms with Crippen molar-refractivity contribution in [3.8, 4) is 5.75 Å². The van der Waals surface area contributed by atoms with Gasteiger partial charge in [-0.05, 0) is 18.8 Å². The Balaban J connectivity index is 1.99. The van der Waals surface area contributed by atoms with Gasteiger partial charge in [-0.1, -0.05) is 32.1 Å².